The number of nitrogen functional groups attached to an aromatic ring is 1. The van der Waals surface area contributed by atoms with Crippen molar-refractivity contribution in [3.63, 3.8) is 0 Å². The molecule has 0 spiro atoms. The van der Waals surface area contributed by atoms with Gasteiger partial charge in [-0.3, -0.25) is 9.20 Å². The number of aromatic nitrogens is 3. The number of thiazole rings is 1. The van der Waals surface area contributed by atoms with Crippen LogP contribution in [0.5, 0.6) is 0 Å². The molecule has 0 atom stereocenters. The van der Waals surface area contributed by atoms with Crippen molar-refractivity contribution in [3.05, 3.63) is 77.1 Å². The van der Waals surface area contributed by atoms with Gasteiger partial charge in [-0.25, -0.2) is 9.97 Å². The lowest BCUT2D eigenvalue weighted by molar-refractivity contribution is -0.136. The number of para-hydroxylation sites is 2. The molecule has 1 aromatic carbocycles. The molecule has 0 aliphatic heterocycles. The number of thiophene rings is 1. The Hall–Kier alpha value is -3.90. The highest BCUT2D eigenvalue weighted by Gasteiger charge is 2.34. The summed E-state index contributed by atoms with van der Waals surface area (Å²) in [5, 5.41) is 7.15. The predicted molar refractivity (Wildman–Crippen MR) is 132 cm³/mol. The zero-order valence-corrected chi connectivity index (χ0v) is 19.7. The van der Waals surface area contributed by atoms with Crippen molar-refractivity contribution in [2.24, 2.45) is 0 Å². The van der Waals surface area contributed by atoms with E-state index in [0.717, 1.165) is 6.07 Å². The number of imidazole rings is 1. The van der Waals surface area contributed by atoms with Crippen molar-refractivity contribution >= 4 is 55.7 Å². The molecule has 12 heteroatoms. The van der Waals surface area contributed by atoms with Gasteiger partial charge >= 0.3 is 6.18 Å². The number of amides is 1. The van der Waals surface area contributed by atoms with Crippen LogP contribution in [0.4, 0.5) is 34.7 Å². The first-order valence-electron chi connectivity index (χ1n) is 10.2. The van der Waals surface area contributed by atoms with E-state index in [9.17, 15) is 18.0 Å². The number of hydrogen-bond acceptors (Lipinski definition) is 7. The summed E-state index contributed by atoms with van der Waals surface area (Å²) in [6.07, 6.45) is -1.37. The highest BCUT2D eigenvalue weighted by molar-refractivity contribution is 7.20. The molecule has 35 heavy (non-hydrogen) atoms. The smallest absolute Gasteiger partial charge is 0.397 e. The monoisotopic (exact) mass is 514 g/mol. The van der Waals surface area contributed by atoms with Crippen LogP contribution in [0.3, 0.4) is 0 Å². The van der Waals surface area contributed by atoms with Gasteiger partial charge in [-0.05, 0) is 43.3 Å². The summed E-state index contributed by atoms with van der Waals surface area (Å²) in [6, 6.07) is 12.8. The van der Waals surface area contributed by atoms with Crippen LogP contribution in [0, 0.1) is 6.92 Å². The molecule has 7 nitrogen and oxygen atoms in total. The molecule has 5 aromatic rings. The predicted octanol–water partition coefficient (Wildman–Crippen LogP) is 6.42. The number of anilines is 4. The molecule has 0 aliphatic rings. The largest absolute Gasteiger partial charge is 0.419 e. The van der Waals surface area contributed by atoms with Crippen molar-refractivity contribution in [1.29, 1.82) is 0 Å². The summed E-state index contributed by atoms with van der Waals surface area (Å²) in [5.41, 5.74) is 6.94. The van der Waals surface area contributed by atoms with E-state index in [-0.39, 0.29) is 11.6 Å². The fourth-order valence-corrected chi connectivity index (χ4v) is 5.36. The molecule has 4 N–H and O–H groups in total. The Labute approximate surface area is 205 Å². The van der Waals surface area contributed by atoms with Crippen LogP contribution in [-0.2, 0) is 6.18 Å². The summed E-state index contributed by atoms with van der Waals surface area (Å²) in [7, 11) is 0. The van der Waals surface area contributed by atoms with Crippen LogP contribution in [0.1, 0.15) is 20.9 Å². The number of benzene rings is 1. The van der Waals surface area contributed by atoms with Gasteiger partial charge in [0.1, 0.15) is 5.65 Å². The third-order valence-corrected chi connectivity index (χ3v) is 7.06. The van der Waals surface area contributed by atoms with Gasteiger partial charge in [0.2, 0.25) is 0 Å². The first-order chi connectivity index (χ1) is 16.7. The standard InChI is InChI=1S/C23H17F3N6OS2/c1-12-19(32-10-4-5-13(20(32)29-12)23(24,25)26)17-11-28-22(35-17)31-18-9-8-16(34-18)21(33)30-15-7-3-2-6-14(15)27/h2-11H,27H2,1H3,(H,28,31)(H,30,33). The lowest BCUT2D eigenvalue weighted by Crippen LogP contribution is -2.11. The number of carbonyl (C=O) groups excluding carboxylic acids is 1. The molecule has 0 saturated heterocycles. The lowest BCUT2D eigenvalue weighted by atomic mass is 10.2. The third-order valence-electron chi connectivity index (χ3n) is 5.14. The Morgan fingerprint density at radius 2 is 1.89 bits per heavy atom. The number of alkyl halides is 3. The number of carbonyl (C=O) groups is 1. The number of nitrogens with two attached hydrogens (primary N) is 1. The Morgan fingerprint density at radius 1 is 1.09 bits per heavy atom. The number of nitrogens with one attached hydrogen (secondary N) is 2. The fraction of sp³-hybridized carbons (Fsp3) is 0.0870. The fourth-order valence-electron chi connectivity index (χ4n) is 3.57. The van der Waals surface area contributed by atoms with E-state index in [1.807, 2.05) is 0 Å². The maximum absolute atomic E-state index is 13.4. The van der Waals surface area contributed by atoms with Crippen LogP contribution < -0.4 is 16.4 Å². The molecule has 178 valence electrons. The molecule has 1 amide bonds. The first kappa shape index (κ1) is 22.9. The minimum Gasteiger partial charge on any atom is -0.397 e. The number of pyridine rings is 1. The van der Waals surface area contributed by atoms with Crippen molar-refractivity contribution in [2.75, 3.05) is 16.4 Å². The molecule has 5 rings (SSSR count). The molecular weight excluding hydrogens is 497 g/mol. The van der Waals surface area contributed by atoms with E-state index in [2.05, 4.69) is 20.6 Å². The average molecular weight is 515 g/mol. The number of nitrogens with zero attached hydrogens (tertiary/aromatic N) is 3. The molecule has 0 saturated carbocycles. The first-order valence-corrected chi connectivity index (χ1v) is 11.9. The third kappa shape index (κ3) is 4.45. The van der Waals surface area contributed by atoms with E-state index in [1.165, 1.54) is 33.1 Å². The minimum absolute atomic E-state index is 0.150. The number of aryl methyl sites for hydroxylation is 1. The van der Waals surface area contributed by atoms with E-state index in [1.54, 1.807) is 55.7 Å². The Bertz CT molecular complexity index is 1550. The van der Waals surface area contributed by atoms with Crippen molar-refractivity contribution < 1.29 is 18.0 Å². The number of hydrogen-bond donors (Lipinski definition) is 3. The van der Waals surface area contributed by atoms with Gasteiger partial charge in [0.05, 0.1) is 43.1 Å². The van der Waals surface area contributed by atoms with Gasteiger partial charge in [0, 0.05) is 12.4 Å². The Morgan fingerprint density at radius 3 is 2.66 bits per heavy atom. The molecule has 4 aromatic heterocycles. The molecular formula is C23H17F3N6OS2. The van der Waals surface area contributed by atoms with Gasteiger partial charge in [-0.1, -0.05) is 23.5 Å². The lowest BCUT2D eigenvalue weighted by Gasteiger charge is -2.08. The second-order valence-electron chi connectivity index (χ2n) is 7.52. The van der Waals surface area contributed by atoms with Gasteiger partial charge in [-0.15, -0.1) is 11.3 Å². The van der Waals surface area contributed by atoms with Gasteiger partial charge in [0.15, 0.2) is 5.13 Å². The average Bonchev–Trinajstić information content (AvgIpc) is 3.53. The molecule has 0 fully saturated rings. The van der Waals surface area contributed by atoms with Crippen LogP contribution in [0.25, 0.3) is 16.2 Å². The highest BCUT2D eigenvalue weighted by atomic mass is 32.1. The molecule has 0 unspecified atom stereocenters. The van der Waals surface area contributed by atoms with Crippen LogP contribution in [0.2, 0.25) is 0 Å². The number of fused-ring (bicyclic) bond motifs is 1. The minimum atomic E-state index is -4.51. The second kappa shape index (κ2) is 8.71. The summed E-state index contributed by atoms with van der Waals surface area (Å²) in [4.78, 5) is 22.2. The van der Waals surface area contributed by atoms with E-state index >= 15 is 0 Å². The zero-order valence-electron chi connectivity index (χ0n) is 18.1. The maximum atomic E-state index is 13.4. The Kier molecular flexibility index (Phi) is 5.69. The highest BCUT2D eigenvalue weighted by Crippen LogP contribution is 2.38. The van der Waals surface area contributed by atoms with E-state index in [0.29, 0.717) is 42.6 Å². The van der Waals surface area contributed by atoms with Crippen molar-refractivity contribution in [2.45, 2.75) is 13.1 Å². The molecule has 0 aliphatic carbocycles. The summed E-state index contributed by atoms with van der Waals surface area (Å²) < 4.78 is 41.6. The topological polar surface area (TPSA) is 97.3 Å². The SMILES string of the molecule is Cc1nc2c(C(F)(F)F)cccn2c1-c1cnc(Nc2ccc(C(=O)Nc3ccccc3N)s2)s1. The molecule has 0 bridgehead atoms. The maximum Gasteiger partial charge on any atom is 0.419 e. The van der Waals surface area contributed by atoms with E-state index in [4.69, 9.17) is 5.73 Å². The summed E-state index contributed by atoms with van der Waals surface area (Å²) in [6.45, 7) is 1.67. The Balaban J connectivity index is 1.37. The van der Waals surface area contributed by atoms with Crippen molar-refractivity contribution in [3.8, 4) is 10.6 Å². The number of rotatable bonds is 5. The summed E-state index contributed by atoms with van der Waals surface area (Å²) >= 11 is 2.51. The van der Waals surface area contributed by atoms with Gasteiger partial charge in [-0.2, -0.15) is 13.2 Å². The van der Waals surface area contributed by atoms with Crippen LogP contribution >= 0.6 is 22.7 Å². The molecule has 0 radical (unpaired) electrons. The summed E-state index contributed by atoms with van der Waals surface area (Å²) in [5.74, 6) is -0.289. The van der Waals surface area contributed by atoms with Crippen molar-refractivity contribution in [1.82, 2.24) is 14.4 Å². The van der Waals surface area contributed by atoms with Crippen LogP contribution in [-0.4, -0.2) is 20.3 Å². The number of halogens is 3. The normalized spacial score (nSPS) is 11.7. The second-order valence-corrected chi connectivity index (χ2v) is 9.63. The van der Waals surface area contributed by atoms with Gasteiger partial charge < -0.3 is 16.4 Å². The quantitative estimate of drug-likeness (QED) is 0.235. The van der Waals surface area contributed by atoms with E-state index < -0.39 is 11.7 Å². The molecule has 4 heterocycles. The zero-order chi connectivity index (χ0) is 24.7. The van der Waals surface area contributed by atoms with Gasteiger partial charge in [0.25, 0.3) is 5.91 Å². The van der Waals surface area contributed by atoms with Crippen LogP contribution in [0.15, 0.2) is 60.9 Å².